The van der Waals surface area contributed by atoms with Gasteiger partial charge in [0.05, 0.1) is 5.69 Å². The van der Waals surface area contributed by atoms with Gasteiger partial charge in [-0.1, -0.05) is 6.07 Å². The Bertz CT molecular complexity index is 298. The molecule has 0 amide bonds. The highest BCUT2D eigenvalue weighted by molar-refractivity contribution is 5.13. The monoisotopic (exact) mass is 191 g/mol. The molecule has 0 aromatic carbocycles. The molecular formula is C8H8F3NO. The second-order valence-corrected chi connectivity index (χ2v) is 2.65. The third kappa shape index (κ3) is 2.42. The third-order valence-electron chi connectivity index (χ3n) is 1.50. The maximum atomic E-state index is 12.0. The fraction of sp³-hybridized carbons (Fsp3) is 0.375. The SMILES string of the molecule is Cc1cccc([C@H](O)C(F)(F)F)n1. The van der Waals surface area contributed by atoms with Crippen LogP contribution < -0.4 is 0 Å². The summed E-state index contributed by atoms with van der Waals surface area (Å²) in [6, 6.07) is 4.13. The van der Waals surface area contributed by atoms with Gasteiger partial charge in [-0.15, -0.1) is 0 Å². The largest absolute Gasteiger partial charge is 0.420 e. The van der Waals surface area contributed by atoms with Gasteiger partial charge in [0.25, 0.3) is 0 Å². The molecule has 1 heterocycles. The van der Waals surface area contributed by atoms with Crippen LogP contribution in [0.15, 0.2) is 18.2 Å². The number of rotatable bonds is 1. The first-order chi connectivity index (χ1) is 5.91. The molecule has 2 nitrogen and oxygen atoms in total. The zero-order valence-electron chi connectivity index (χ0n) is 6.84. The third-order valence-corrected chi connectivity index (χ3v) is 1.50. The van der Waals surface area contributed by atoms with Crippen molar-refractivity contribution in [2.24, 2.45) is 0 Å². The normalized spacial score (nSPS) is 14.2. The minimum atomic E-state index is -4.65. The molecule has 0 saturated carbocycles. The summed E-state index contributed by atoms with van der Waals surface area (Å²) in [6.45, 7) is 1.56. The zero-order valence-corrected chi connectivity index (χ0v) is 6.84. The first kappa shape index (κ1) is 9.98. The van der Waals surface area contributed by atoms with E-state index in [2.05, 4.69) is 4.98 Å². The molecule has 0 aliphatic rings. The lowest BCUT2D eigenvalue weighted by atomic mass is 10.2. The quantitative estimate of drug-likeness (QED) is 0.736. The fourth-order valence-electron chi connectivity index (χ4n) is 0.884. The van der Waals surface area contributed by atoms with Crippen molar-refractivity contribution in [3.05, 3.63) is 29.6 Å². The predicted molar refractivity (Wildman–Crippen MR) is 40.0 cm³/mol. The Hall–Kier alpha value is -1.10. The van der Waals surface area contributed by atoms with E-state index in [1.165, 1.54) is 6.07 Å². The van der Waals surface area contributed by atoms with E-state index in [1.807, 2.05) is 0 Å². The van der Waals surface area contributed by atoms with Gasteiger partial charge in [-0.25, -0.2) is 0 Å². The number of aliphatic hydroxyl groups is 1. The van der Waals surface area contributed by atoms with Gasteiger partial charge in [0.15, 0.2) is 6.10 Å². The van der Waals surface area contributed by atoms with E-state index in [0.717, 1.165) is 6.07 Å². The molecule has 0 spiro atoms. The Kier molecular flexibility index (Phi) is 2.56. The summed E-state index contributed by atoms with van der Waals surface area (Å²) in [5.74, 6) is 0. The Morgan fingerprint density at radius 3 is 2.46 bits per heavy atom. The average Bonchev–Trinajstić information content (AvgIpc) is 2.01. The maximum Gasteiger partial charge on any atom is 0.420 e. The van der Waals surface area contributed by atoms with E-state index in [-0.39, 0.29) is 5.69 Å². The van der Waals surface area contributed by atoms with Crippen molar-refractivity contribution in [2.75, 3.05) is 0 Å². The topological polar surface area (TPSA) is 33.1 Å². The summed E-state index contributed by atoms with van der Waals surface area (Å²) < 4.78 is 35.9. The van der Waals surface area contributed by atoms with Crippen LogP contribution in [0.2, 0.25) is 0 Å². The average molecular weight is 191 g/mol. The van der Waals surface area contributed by atoms with Crippen molar-refractivity contribution in [2.45, 2.75) is 19.2 Å². The van der Waals surface area contributed by atoms with E-state index in [1.54, 1.807) is 13.0 Å². The van der Waals surface area contributed by atoms with Gasteiger partial charge in [-0.05, 0) is 19.1 Å². The second kappa shape index (κ2) is 3.33. The summed E-state index contributed by atoms with van der Waals surface area (Å²) >= 11 is 0. The Balaban J connectivity index is 2.96. The molecule has 72 valence electrons. The van der Waals surface area contributed by atoms with E-state index >= 15 is 0 Å². The van der Waals surface area contributed by atoms with Gasteiger partial charge in [-0.2, -0.15) is 13.2 Å². The lowest BCUT2D eigenvalue weighted by Crippen LogP contribution is -2.21. The zero-order chi connectivity index (χ0) is 10.1. The summed E-state index contributed by atoms with van der Waals surface area (Å²) in [5.41, 5.74) is 0.0771. The van der Waals surface area contributed by atoms with Crippen LogP contribution in [0.25, 0.3) is 0 Å². The first-order valence-electron chi connectivity index (χ1n) is 3.59. The van der Waals surface area contributed by atoms with Crippen molar-refractivity contribution in [1.82, 2.24) is 4.98 Å². The smallest absolute Gasteiger partial charge is 0.378 e. The van der Waals surface area contributed by atoms with Crippen LogP contribution in [-0.4, -0.2) is 16.3 Å². The number of pyridine rings is 1. The van der Waals surface area contributed by atoms with Crippen molar-refractivity contribution >= 4 is 0 Å². The number of aromatic nitrogens is 1. The number of nitrogens with zero attached hydrogens (tertiary/aromatic N) is 1. The van der Waals surface area contributed by atoms with Crippen molar-refractivity contribution in [1.29, 1.82) is 0 Å². The number of aliphatic hydroxyl groups excluding tert-OH is 1. The van der Waals surface area contributed by atoms with Crippen LogP contribution in [0.3, 0.4) is 0 Å². The molecule has 1 atom stereocenters. The molecule has 5 heteroatoms. The highest BCUT2D eigenvalue weighted by atomic mass is 19.4. The Labute approximate surface area is 73.0 Å². The van der Waals surface area contributed by atoms with E-state index in [4.69, 9.17) is 5.11 Å². The molecule has 0 fully saturated rings. The van der Waals surface area contributed by atoms with Crippen LogP contribution in [-0.2, 0) is 0 Å². The molecule has 1 N–H and O–H groups in total. The van der Waals surface area contributed by atoms with Gasteiger partial charge in [0.2, 0.25) is 0 Å². The van der Waals surface area contributed by atoms with Crippen molar-refractivity contribution in [3.63, 3.8) is 0 Å². The van der Waals surface area contributed by atoms with Crippen LogP contribution in [0.4, 0.5) is 13.2 Å². The molecule has 1 aromatic rings. The fourth-order valence-corrected chi connectivity index (χ4v) is 0.884. The summed E-state index contributed by atoms with van der Waals surface area (Å²) in [6.07, 6.45) is -7.15. The van der Waals surface area contributed by atoms with Gasteiger partial charge >= 0.3 is 6.18 Å². The predicted octanol–water partition coefficient (Wildman–Crippen LogP) is 1.99. The molecule has 1 aromatic heterocycles. The molecule has 0 aliphatic carbocycles. The number of alkyl halides is 3. The minimum Gasteiger partial charge on any atom is -0.378 e. The lowest BCUT2D eigenvalue weighted by molar-refractivity contribution is -0.208. The highest BCUT2D eigenvalue weighted by Gasteiger charge is 2.40. The van der Waals surface area contributed by atoms with Gasteiger partial charge in [0.1, 0.15) is 0 Å². The summed E-state index contributed by atoms with van der Waals surface area (Å²) in [5, 5.41) is 8.79. The Morgan fingerprint density at radius 1 is 1.38 bits per heavy atom. The molecule has 0 radical (unpaired) electrons. The highest BCUT2D eigenvalue weighted by Crippen LogP contribution is 2.31. The van der Waals surface area contributed by atoms with Gasteiger partial charge < -0.3 is 5.11 Å². The van der Waals surface area contributed by atoms with E-state index < -0.39 is 12.3 Å². The maximum absolute atomic E-state index is 12.0. The first-order valence-corrected chi connectivity index (χ1v) is 3.59. The molecular weight excluding hydrogens is 183 g/mol. The molecule has 0 unspecified atom stereocenters. The Morgan fingerprint density at radius 2 is 2.00 bits per heavy atom. The second-order valence-electron chi connectivity index (χ2n) is 2.65. The van der Waals surface area contributed by atoms with Gasteiger partial charge in [-0.3, -0.25) is 4.98 Å². The molecule has 0 aliphatic heterocycles. The van der Waals surface area contributed by atoms with Crippen LogP contribution >= 0.6 is 0 Å². The lowest BCUT2D eigenvalue weighted by Gasteiger charge is -2.13. The van der Waals surface area contributed by atoms with E-state index in [0.29, 0.717) is 5.69 Å². The van der Waals surface area contributed by atoms with Crippen LogP contribution in [0.5, 0.6) is 0 Å². The van der Waals surface area contributed by atoms with Crippen LogP contribution in [0.1, 0.15) is 17.5 Å². The van der Waals surface area contributed by atoms with Crippen LogP contribution in [0, 0.1) is 6.92 Å². The molecule has 1 rings (SSSR count). The summed E-state index contributed by atoms with van der Waals surface area (Å²) in [7, 11) is 0. The molecule has 0 bridgehead atoms. The number of hydrogen-bond donors (Lipinski definition) is 1. The standard InChI is InChI=1S/C8H8F3NO/c1-5-3-2-4-6(12-5)7(13)8(9,10)11/h2-4,7,13H,1H3/t7-/m0/s1. The molecule has 0 saturated heterocycles. The number of hydrogen-bond acceptors (Lipinski definition) is 2. The van der Waals surface area contributed by atoms with Gasteiger partial charge in [0, 0.05) is 5.69 Å². The molecule has 13 heavy (non-hydrogen) atoms. The van der Waals surface area contributed by atoms with Crippen molar-refractivity contribution < 1.29 is 18.3 Å². The van der Waals surface area contributed by atoms with Crippen molar-refractivity contribution in [3.8, 4) is 0 Å². The van der Waals surface area contributed by atoms with E-state index in [9.17, 15) is 13.2 Å². The number of halogens is 3. The minimum absolute atomic E-state index is 0.368. The summed E-state index contributed by atoms with van der Waals surface area (Å²) in [4.78, 5) is 3.57. The number of aryl methyl sites for hydroxylation is 1.